The van der Waals surface area contributed by atoms with Crippen molar-refractivity contribution in [1.82, 2.24) is 15.2 Å². The van der Waals surface area contributed by atoms with E-state index in [1.54, 1.807) is 25.3 Å². The number of benzene rings is 1. The van der Waals surface area contributed by atoms with Crippen LogP contribution in [0, 0.1) is 11.3 Å². The van der Waals surface area contributed by atoms with Gasteiger partial charge in [0.25, 0.3) is 11.5 Å². The van der Waals surface area contributed by atoms with Gasteiger partial charge in [-0.15, -0.1) is 0 Å². The molecule has 1 amide bonds. The van der Waals surface area contributed by atoms with Crippen molar-refractivity contribution < 1.29 is 9.53 Å². The first-order chi connectivity index (χ1) is 15.4. The molecule has 2 aliphatic heterocycles. The number of amides is 1. The van der Waals surface area contributed by atoms with Gasteiger partial charge in [0.1, 0.15) is 11.6 Å². The number of ether oxygens (including phenoxy) is 1. The standard InChI is InChI=1S/C24H31N5O3/c1-24(32-2)7-12-29(13-8-24)21-18-15-17(5-6-20(18)27-23(31)19(21)16-25)22(30)26-9-14-28-10-3-4-11-28/h5-6,15H,3-4,7-14H2,1-2H3,(H,26,30)(H,27,31). The molecule has 170 valence electrons. The molecule has 0 atom stereocenters. The van der Waals surface area contributed by atoms with E-state index in [1.807, 2.05) is 0 Å². The van der Waals surface area contributed by atoms with E-state index in [0.29, 0.717) is 36.4 Å². The number of aromatic nitrogens is 1. The van der Waals surface area contributed by atoms with Crippen LogP contribution in [-0.4, -0.2) is 67.8 Å². The molecule has 2 N–H and O–H groups in total. The number of H-pyrrole nitrogens is 1. The number of aromatic amines is 1. The first-order valence-corrected chi connectivity index (χ1v) is 11.3. The molecule has 4 rings (SSSR count). The Kier molecular flexibility index (Phi) is 6.49. The molecule has 8 nitrogen and oxygen atoms in total. The summed E-state index contributed by atoms with van der Waals surface area (Å²) < 4.78 is 5.64. The fraction of sp³-hybridized carbons (Fsp3) is 0.542. The zero-order valence-electron chi connectivity index (χ0n) is 18.9. The summed E-state index contributed by atoms with van der Waals surface area (Å²) in [5.41, 5.74) is 1.23. The van der Waals surface area contributed by atoms with Crippen LogP contribution in [0.5, 0.6) is 0 Å². The van der Waals surface area contributed by atoms with Gasteiger partial charge in [-0.05, 0) is 63.9 Å². The highest BCUT2D eigenvalue weighted by molar-refractivity contribution is 6.02. The zero-order valence-corrected chi connectivity index (χ0v) is 18.9. The van der Waals surface area contributed by atoms with Crippen molar-refractivity contribution in [2.45, 2.75) is 38.2 Å². The highest BCUT2D eigenvalue weighted by Crippen LogP contribution is 2.33. The molecule has 2 aliphatic rings. The molecule has 2 fully saturated rings. The second-order valence-electron chi connectivity index (χ2n) is 9.00. The van der Waals surface area contributed by atoms with E-state index in [2.05, 4.69) is 33.1 Å². The molecule has 3 heterocycles. The Morgan fingerprint density at radius 3 is 2.62 bits per heavy atom. The molecule has 0 bridgehead atoms. The van der Waals surface area contributed by atoms with Crippen molar-refractivity contribution in [2.24, 2.45) is 0 Å². The average molecular weight is 438 g/mol. The normalized spacial score (nSPS) is 18.6. The third-order valence-corrected chi connectivity index (χ3v) is 6.90. The lowest BCUT2D eigenvalue weighted by Crippen LogP contribution is -2.44. The third-order valence-electron chi connectivity index (χ3n) is 6.90. The van der Waals surface area contributed by atoms with Crippen molar-refractivity contribution >= 4 is 22.5 Å². The summed E-state index contributed by atoms with van der Waals surface area (Å²) in [7, 11) is 1.72. The maximum absolute atomic E-state index is 12.8. The second kappa shape index (κ2) is 9.31. The van der Waals surface area contributed by atoms with Crippen LogP contribution in [-0.2, 0) is 4.74 Å². The van der Waals surface area contributed by atoms with E-state index >= 15 is 0 Å². The topological polar surface area (TPSA) is 101 Å². The molecule has 1 aromatic heterocycles. The number of carbonyl (C=O) groups excluding carboxylic acids is 1. The molecular weight excluding hydrogens is 406 g/mol. The first kappa shape index (κ1) is 22.3. The Morgan fingerprint density at radius 2 is 1.97 bits per heavy atom. The number of likely N-dealkylation sites (tertiary alicyclic amines) is 1. The summed E-state index contributed by atoms with van der Waals surface area (Å²) in [6, 6.07) is 7.34. The van der Waals surface area contributed by atoms with Crippen LogP contribution in [0.25, 0.3) is 10.9 Å². The summed E-state index contributed by atoms with van der Waals surface area (Å²) in [6.07, 6.45) is 4.03. The molecule has 2 aromatic rings. The molecule has 0 spiro atoms. The number of fused-ring (bicyclic) bond motifs is 1. The minimum absolute atomic E-state index is 0.0881. The Labute approximate surface area is 188 Å². The number of nitriles is 1. The molecule has 0 saturated carbocycles. The van der Waals surface area contributed by atoms with Crippen molar-refractivity contribution in [3.63, 3.8) is 0 Å². The Hall–Kier alpha value is -2.89. The van der Waals surface area contributed by atoms with Crippen molar-refractivity contribution in [1.29, 1.82) is 5.26 Å². The van der Waals surface area contributed by atoms with Crippen LogP contribution >= 0.6 is 0 Å². The minimum Gasteiger partial charge on any atom is -0.378 e. The third kappa shape index (κ3) is 4.50. The monoisotopic (exact) mass is 437 g/mol. The number of nitrogens with zero attached hydrogens (tertiary/aromatic N) is 3. The van der Waals surface area contributed by atoms with Gasteiger partial charge in [-0.3, -0.25) is 9.59 Å². The number of rotatable bonds is 6. The fourth-order valence-electron chi connectivity index (χ4n) is 4.69. The van der Waals surface area contributed by atoms with Crippen molar-refractivity contribution in [2.75, 3.05) is 51.3 Å². The van der Waals surface area contributed by atoms with Gasteiger partial charge in [0, 0.05) is 44.2 Å². The van der Waals surface area contributed by atoms with Crippen LogP contribution in [0.2, 0.25) is 0 Å². The SMILES string of the molecule is COC1(C)CCN(c2c(C#N)c(=O)[nH]c3ccc(C(=O)NCCN4CCCC4)cc23)CC1. The molecule has 0 radical (unpaired) electrons. The van der Waals surface area contributed by atoms with E-state index in [9.17, 15) is 14.9 Å². The summed E-state index contributed by atoms with van der Waals surface area (Å²) in [4.78, 5) is 32.6. The maximum Gasteiger partial charge on any atom is 0.268 e. The van der Waals surface area contributed by atoms with Crippen LogP contribution in [0.1, 0.15) is 48.5 Å². The van der Waals surface area contributed by atoms with Gasteiger partial charge >= 0.3 is 0 Å². The molecule has 1 aromatic carbocycles. The lowest BCUT2D eigenvalue weighted by Gasteiger charge is -2.40. The van der Waals surface area contributed by atoms with Crippen molar-refractivity contribution in [3.05, 3.63) is 39.7 Å². The summed E-state index contributed by atoms with van der Waals surface area (Å²) >= 11 is 0. The number of anilines is 1. The summed E-state index contributed by atoms with van der Waals surface area (Å²) in [5, 5.41) is 13.4. The molecule has 0 aliphatic carbocycles. The van der Waals surface area contributed by atoms with E-state index < -0.39 is 5.56 Å². The molecule has 8 heteroatoms. The van der Waals surface area contributed by atoms with Gasteiger partial charge in [-0.1, -0.05) is 0 Å². The summed E-state index contributed by atoms with van der Waals surface area (Å²) in [6.45, 7) is 7.06. The number of pyridine rings is 1. The smallest absolute Gasteiger partial charge is 0.268 e. The van der Waals surface area contributed by atoms with Crippen LogP contribution in [0.4, 0.5) is 5.69 Å². The lowest BCUT2D eigenvalue weighted by molar-refractivity contribution is -0.0132. The van der Waals surface area contributed by atoms with Crippen LogP contribution in [0.15, 0.2) is 23.0 Å². The minimum atomic E-state index is -0.405. The fourth-order valence-corrected chi connectivity index (χ4v) is 4.69. The lowest BCUT2D eigenvalue weighted by atomic mass is 9.92. The number of methoxy groups -OCH3 is 1. The Morgan fingerprint density at radius 1 is 1.25 bits per heavy atom. The predicted molar refractivity (Wildman–Crippen MR) is 124 cm³/mol. The van der Waals surface area contributed by atoms with E-state index in [-0.39, 0.29) is 17.1 Å². The molecule has 2 saturated heterocycles. The highest BCUT2D eigenvalue weighted by Gasteiger charge is 2.32. The average Bonchev–Trinajstić information content (AvgIpc) is 3.32. The number of hydrogen-bond donors (Lipinski definition) is 2. The van der Waals surface area contributed by atoms with Crippen molar-refractivity contribution in [3.8, 4) is 6.07 Å². The van der Waals surface area contributed by atoms with Crippen LogP contribution < -0.4 is 15.8 Å². The van der Waals surface area contributed by atoms with Gasteiger partial charge in [0.05, 0.1) is 16.8 Å². The Balaban J connectivity index is 1.62. The largest absolute Gasteiger partial charge is 0.378 e. The predicted octanol–water partition coefficient (Wildman–Crippen LogP) is 2.23. The number of nitrogens with one attached hydrogen (secondary N) is 2. The van der Waals surface area contributed by atoms with Gasteiger partial charge < -0.3 is 24.8 Å². The zero-order chi connectivity index (χ0) is 22.7. The van der Waals surface area contributed by atoms with Gasteiger partial charge in [0.15, 0.2) is 0 Å². The highest BCUT2D eigenvalue weighted by atomic mass is 16.5. The second-order valence-corrected chi connectivity index (χ2v) is 9.00. The first-order valence-electron chi connectivity index (χ1n) is 11.3. The maximum atomic E-state index is 12.8. The number of hydrogen-bond acceptors (Lipinski definition) is 6. The van der Waals surface area contributed by atoms with E-state index in [4.69, 9.17) is 4.74 Å². The summed E-state index contributed by atoms with van der Waals surface area (Å²) in [5.74, 6) is -0.146. The molecule has 32 heavy (non-hydrogen) atoms. The Bertz CT molecular complexity index is 1090. The van der Waals surface area contributed by atoms with Crippen LogP contribution in [0.3, 0.4) is 0 Å². The van der Waals surface area contributed by atoms with Gasteiger partial charge in [-0.2, -0.15) is 5.26 Å². The molecule has 0 unspecified atom stereocenters. The van der Waals surface area contributed by atoms with E-state index in [1.165, 1.54) is 12.8 Å². The number of piperidine rings is 1. The molecular formula is C24H31N5O3. The quantitative estimate of drug-likeness (QED) is 0.719. The van der Waals surface area contributed by atoms with Gasteiger partial charge in [0.2, 0.25) is 0 Å². The number of carbonyl (C=O) groups is 1. The van der Waals surface area contributed by atoms with E-state index in [0.717, 1.165) is 37.9 Å². The van der Waals surface area contributed by atoms with Gasteiger partial charge in [-0.25, -0.2) is 0 Å².